The minimum Gasteiger partial charge on any atom is -0.353 e. The van der Waals surface area contributed by atoms with Crippen LogP contribution in [0.1, 0.15) is 33.3 Å². The van der Waals surface area contributed by atoms with Crippen LogP contribution in [0.15, 0.2) is 30.3 Å². The van der Waals surface area contributed by atoms with Gasteiger partial charge in [-0.1, -0.05) is 30.3 Å². The molecule has 0 aromatic heterocycles. The maximum Gasteiger partial charge on any atom is 0.244 e. The van der Waals surface area contributed by atoms with Crippen LogP contribution in [-0.4, -0.2) is 31.4 Å². The van der Waals surface area contributed by atoms with Gasteiger partial charge in [0.15, 0.2) is 9.84 Å². The van der Waals surface area contributed by atoms with Crippen LogP contribution in [0.3, 0.4) is 0 Å². The second kappa shape index (κ2) is 6.15. The van der Waals surface area contributed by atoms with Gasteiger partial charge in [-0.25, -0.2) is 8.42 Å². The van der Waals surface area contributed by atoms with Gasteiger partial charge in [0.2, 0.25) is 5.91 Å². The van der Waals surface area contributed by atoms with Crippen LogP contribution in [0.2, 0.25) is 0 Å². The normalized spacial score (nSPS) is 15.3. The topological polar surface area (TPSA) is 89.3 Å². The van der Waals surface area contributed by atoms with Crippen molar-refractivity contribution in [3.63, 3.8) is 0 Å². The Balaban J connectivity index is 2.67. The number of carbonyl (C=O) groups is 1. The average molecular weight is 312 g/mol. The number of carbonyl (C=O) groups excluding carboxylic acids is 1. The number of hydrogen-bond acceptors (Lipinski definition) is 4. The molecule has 118 valence electrons. The van der Waals surface area contributed by atoms with Crippen LogP contribution in [0, 0.1) is 0 Å². The summed E-state index contributed by atoms with van der Waals surface area (Å²) in [5.74, 6) is -0.495. The highest BCUT2D eigenvalue weighted by Gasteiger charge is 2.32. The lowest BCUT2D eigenvalue weighted by molar-refractivity contribution is -0.125. The van der Waals surface area contributed by atoms with Crippen LogP contribution < -0.4 is 11.1 Å². The van der Waals surface area contributed by atoms with Gasteiger partial charge in [-0.05, 0) is 33.3 Å². The Morgan fingerprint density at radius 2 is 1.67 bits per heavy atom. The molecule has 0 bridgehead atoms. The summed E-state index contributed by atoms with van der Waals surface area (Å²) in [7, 11) is -3.26. The van der Waals surface area contributed by atoms with Gasteiger partial charge in [0.1, 0.15) is 5.54 Å². The molecule has 6 heteroatoms. The van der Waals surface area contributed by atoms with Gasteiger partial charge < -0.3 is 11.1 Å². The zero-order chi connectivity index (χ0) is 16.3. The Morgan fingerprint density at radius 3 is 2.14 bits per heavy atom. The second-order valence-electron chi connectivity index (χ2n) is 6.26. The quantitative estimate of drug-likeness (QED) is 0.854. The van der Waals surface area contributed by atoms with E-state index in [9.17, 15) is 13.2 Å². The molecular formula is C15H24N2O3S. The Labute approximate surface area is 126 Å². The SMILES string of the molecule is CC(N)(C(=O)NCCS(=O)(=O)C(C)(C)C)c1ccccc1. The average Bonchev–Trinajstić information content (AvgIpc) is 2.38. The second-order valence-corrected chi connectivity index (χ2v) is 9.12. The van der Waals surface area contributed by atoms with Crippen molar-refractivity contribution in [2.24, 2.45) is 5.73 Å². The summed E-state index contributed by atoms with van der Waals surface area (Å²) >= 11 is 0. The van der Waals surface area contributed by atoms with E-state index in [1.807, 2.05) is 6.07 Å². The van der Waals surface area contributed by atoms with E-state index < -0.39 is 26.0 Å². The van der Waals surface area contributed by atoms with Crippen molar-refractivity contribution >= 4 is 15.7 Å². The number of amides is 1. The van der Waals surface area contributed by atoms with Crippen molar-refractivity contribution < 1.29 is 13.2 Å². The molecule has 0 heterocycles. The van der Waals surface area contributed by atoms with Crippen molar-refractivity contribution in [1.82, 2.24) is 5.32 Å². The van der Waals surface area contributed by atoms with Gasteiger partial charge >= 0.3 is 0 Å². The summed E-state index contributed by atoms with van der Waals surface area (Å²) in [4.78, 5) is 12.2. The number of nitrogens with two attached hydrogens (primary N) is 1. The molecule has 5 nitrogen and oxygen atoms in total. The fraction of sp³-hybridized carbons (Fsp3) is 0.533. The van der Waals surface area contributed by atoms with Gasteiger partial charge in [-0.15, -0.1) is 0 Å². The first-order valence-electron chi connectivity index (χ1n) is 6.83. The molecule has 21 heavy (non-hydrogen) atoms. The van der Waals surface area contributed by atoms with Crippen molar-refractivity contribution in [1.29, 1.82) is 0 Å². The largest absolute Gasteiger partial charge is 0.353 e. The maximum atomic E-state index is 12.2. The molecule has 0 saturated heterocycles. The third-order valence-electron chi connectivity index (χ3n) is 3.43. The third-order valence-corrected chi connectivity index (χ3v) is 6.04. The monoisotopic (exact) mass is 312 g/mol. The van der Waals surface area contributed by atoms with E-state index in [0.29, 0.717) is 5.56 Å². The molecule has 1 aromatic carbocycles. The number of benzene rings is 1. The minimum atomic E-state index is -3.26. The fourth-order valence-corrected chi connectivity index (χ4v) is 2.69. The molecule has 0 radical (unpaired) electrons. The maximum absolute atomic E-state index is 12.2. The Kier molecular flexibility index (Phi) is 5.17. The van der Waals surface area contributed by atoms with Gasteiger partial charge in [-0.3, -0.25) is 4.79 Å². The van der Waals surface area contributed by atoms with E-state index in [1.54, 1.807) is 52.0 Å². The summed E-state index contributed by atoms with van der Waals surface area (Å²) < 4.78 is 23.1. The predicted molar refractivity (Wildman–Crippen MR) is 84.5 cm³/mol. The van der Waals surface area contributed by atoms with Crippen LogP contribution in [0.25, 0.3) is 0 Å². The molecule has 0 aliphatic rings. The number of hydrogen-bond donors (Lipinski definition) is 2. The summed E-state index contributed by atoms with van der Waals surface area (Å²) in [6.45, 7) is 6.58. The zero-order valence-electron chi connectivity index (χ0n) is 13.0. The molecule has 0 saturated carbocycles. The lowest BCUT2D eigenvalue weighted by Gasteiger charge is -2.25. The molecule has 1 atom stereocenters. The van der Waals surface area contributed by atoms with Crippen molar-refractivity contribution in [3.8, 4) is 0 Å². The van der Waals surface area contributed by atoms with E-state index in [4.69, 9.17) is 5.73 Å². The first-order chi connectivity index (χ1) is 9.48. The van der Waals surface area contributed by atoms with Crippen molar-refractivity contribution in [3.05, 3.63) is 35.9 Å². The van der Waals surface area contributed by atoms with Crippen LogP contribution >= 0.6 is 0 Å². The first-order valence-corrected chi connectivity index (χ1v) is 8.49. The Morgan fingerprint density at radius 1 is 1.14 bits per heavy atom. The molecule has 1 aromatic rings. The smallest absolute Gasteiger partial charge is 0.244 e. The van der Waals surface area contributed by atoms with Gasteiger partial charge in [0.05, 0.1) is 10.5 Å². The fourth-order valence-electron chi connectivity index (χ4n) is 1.70. The van der Waals surface area contributed by atoms with Crippen molar-refractivity contribution in [2.75, 3.05) is 12.3 Å². The lowest BCUT2D eigenvalue weighted by atomic mass is 9.92. The van der Waals surface area contributed by atoms with E-state index in [2.05, 4.69) is 5.32 Å². The predicted octanol–water partition coefficient (Wildman–Crippen LogP) is 1.19. The molecule has 1 amide bonds. The number of sulfone groups is 1. The zero-order valence-corrected chi connectivity index (χ0v) is 13.8. The van der Waals surface area contributed by atoms with Crippen molar-refractivity contribution in [2.45, 2.75) is 38.0 Å². The van der Waals surface area contributed by atoms with Crippen LogP contribution in [-0.2, 0) is 20.2 Å². The highest BCUT2D eigenvalue weighted by atomic mass is 32.2. The molecule has 3 N–H and O–H groups in total. The minimum absolute atomic E-state index is 0.0536. The molecule has 0 aliphatic carbocycles. The summed E-state index contributed by atoms with van der Waals surface area (Å²) in [5, 5.41) is 2.61. The van der Waals surface area contributed by atoms with E-state index in [-0.39, 0.29) is 12.3 Å². The molecule has 1 rings (SSSR count). The van der Waals surface area contributed by atoms with Crippen LogP contribution in [0.5, 0.6) is 0 Å². The Bertz CT molecular complexity index is 587. The standard InChI is InChI=1S/C15H24N2O3S/c1-14(2,3)21(19,20)11-10-17-13(18)15(4,16)12-8-6-5-7-9-12/h5-9H,10-11,16H2,1-4H3,(H,17,18). The molecule has 0 fully saturated rings. The van der Waals surface area contributed by atoms with E-state index >= 15 is 0 Å². The van der Waals surface area contributed by atoms with Gasteiger partial charge in [0.25, 0.3) is 0 Å². The molecule has 0 aliphatic heterocycles. The van der Waals surface area contributed by atoms with Gasteiger partial charge in [0, 0.05) is 6.54 Å². The summed E-state index contributed by atoms with van der Waals surface area (Å²) in [6.07, 6.45) is 0. The van der Waals surface area contributed by atoms with Gasteiger partial charge in [-0.2, -0.15) is 0 Å². The highest BCUT2D eigenvalue weighted by molar-refractivity contribution is 7.92. The van der Waals surface area contributed by atoms with E-state index in [0.717, 1.165) is 0 Å². The van der Waals surface area contributed by atoms with Crippen LogP contribution in [0.4, 0.5) is 0 Å². The molecular weight excluding hydrogens is 288 g/mol. The Hall–Kier alpha value is -1.40. The third kappa shape index (κ3) is 4.28. The summed E-state index contributed by atoms with van der Waals surface area (Å²) in [5.41, 5.74) is 5.55. The first kappa shape index (κ1) is 17.7. The lowest BCUT2D eigenvalue weighted by Crippen LogP contribution is -2.50. The highest BCUT2D eigenvalue weighted by Crippen LogP contribution is 2.18. The van der Waals surface area contributed by atoms with E-state index in [1.165, 1.54) is 0 Å². The number of nitrogens with one attached hydrogen (secondary N) is 1. The summed E-state index contributed by atoms with van der Waals surface area (Å²) in [6, 6.07) is 8.99. The number of rotatable bonds is 5. The molecule has 1 unspecified atom stereocenters. The molecule has 0 spiro atoms.